The fraction of sp³-hybridized carbons (Fsp3) is 0.200. The first-order chi connectivity index (χ1) is 9.99. The zero-order valence-electron chi connectivity index (χ0n) is 10.9. The molecule has 110 valence electrons. The molecule has 2 N–H and O–H groups in total. The van der Waals surface area contributed by atoms with Crippen molar-refractivity contribution in [3.05, 3.63) is 51.7 Å². The molecule has 0 aliphatic heterocycles. The van der Waals surface area contributed by atoms with E-state index in [1.54, 1.807) is 0 Å². The summed E-state index contributed by atoms with van der Waals surface area (Å²) in [5.74, 6) is 6.05. The molecule has 0 aliphatic rings. The molecular formula is C15H12F3NOS. The van der Waals surface area contributed by atoms with Gasteiger partial charge in [0, 0.05) is 15.8 Å². The first-order valence-electron chi connectivity index (χ1n) is 6.05. The molecule has 1 aromatic carbocycles. The van der Waals surface area contributed by atoms with Crippen LogP contribution >= 0.6 is 11.3 Å². The molecule has 1 aromatic heterocycles. The summed E-state index contributed by atoms with van der Waals surface area (Å²) in [5, 5.41) is 1.88. The maximum absolute atomic E-state index is 12.4. The van der Waals surface area contributed by atoms with E-state index in [0.717, 1.165) is 22.6 Å². The summed E-state index contributed by atoms with van der Waals surface area (Å²) in [6.45, 7) is 0.591. The van der Waals surface area contributed by atoms with Crippen molar-refractivity contribution in [2.75, 3.05) is 6.54 Å². The molecule has 2 nitrogen and oxygen atoms in total. The van der Waals surface area contributed by atoms with Crippen molar-refractivity contribution in [3.63, 3.8) is 0 Å². The van der Waals surface area contributed by atoms with E-state index in [-0.39, 0.29) is 0 Å². The Morgan fingerprint density at radius 3 is 2.52 bits per heavy atom. The maximum atomic E-state index is 12.4. The van der Waals surface area contributed by atoms with Crippen molar-refractivity contribution in [2.24, 2.45) is 5.73 Å². The van der Waals surface area contributed by atoms with Crippen LogP contribution in [0.1, 0.15) is 16.0 Å². The summed E-state index contributed by atoms with van der Waals surface area (Å²) in [6, 6.07) is 6.50. The van der Waals surface area contributed by atoms with Gasteiger partial charge < -0.3 is 10.5 Å². The van der Waals surface area contributed by atoms with Crippen molar-refractivity contribution in [3.8, 4) is 17.6 Å². The standard InChI is InChI=1S/C15H12F3NOS/c16-15(17,18)12-3-5-13(6-4-12)20-9-14-8-11(10-21-14)2-1-7-19/h3-6,8,10H,7,9,19H2. The van der Waals surface area contributed by atoms with Crippen molar-refractivity contribution >= 4 is 11.3 Å². The molecular weight excluding hydrogens is 299 g/mol. The molecule has 6 heteroatoms. The lowest BCUT2D eigenvalue weighted by Gasteiger charge is -2.08. The number of thiophene rings is 1. The third kappa shape index (κ3) is 4.52. The number of hydrogen-bond acceptors (Lipinski definition) is 3. The monoisotopic (exact) mass is 311 g/mol. The van der Waals surface area contributed by atoms with E-state index in [0.29, 0.717) is 18.9 Å². The minimum atomic E-state index is -4.33. The third-order valence-corrected chi connectivity index (χ3v) is 3.46. The molecule has 0 aliphatic carbocycles. The topological polar surface area (TPSA) is 35.2 Å². The largest absolute Gasteiger partial charge is 0.488 e. The molecule has 0 atom stereocenters. The Balaban J connectivity index is 1.95. The van der Waals surface area contributed by atoms with Crippen molar-refractivity contribution in [1.29, 1.82) is 0 Å². The number of hydrogen-bond donors (Lipinski definition) is 1. The Hall–Kier alpha value is -1.97. The van der Waals surface area contributed by atoms with Gasteiger partial charge in [-0.05, 0) is 30.3 Å². The molecule has 2 aromatic rings. The number of nitrogens with two attached hydrogens (primary N) is 1. The summed E-state index contributed by atoms with van der Waals surface area (Å²) < 4.78 is 42.7. The Morgan fingerprint density at radius 2 is 1.90 bits per heavy atom. The quantitative estimate of drug-likeness (QED) is 0.878. The number of benzene rings is 1. The molecule has 21 heavy (non-hydrogen) atoms. The average Bonchev–Trinajstić information content (AvgIpc) is 2.90. The molecule has 0 saturated carbocycles. The third-order valence-electron chi connectivity index (χ3n) is 2.55. The van der Waals surface area contributed by atoms with Crippen LogP contribution in [0.25, 0.3) is 0 Å². The molecule has 0 unspecified atom stereocenters. The average molecular weight is 311 g/mol. The first kappa shape index (κ1) is 15.4. The minimum Gasteiger partial charge on any atom is -0.488 e. The Kier molecular flexibility index (Phi) is 4.89. The predicted molar refractivity (Wildman–Crippen MR) is 76.0 cm³/mol. The smallest absolute Gasteiger partial charge is 0.416 e. The fourth-order valence-electron chi connectivity index (χ4n) is 1.57. The second-order valence-corrected chi connectivity index (χ2v) is 5.11. The predicted octanol–water partition coefficient (Wildman–Crippen LogP) is 3.66. The van der Waals surface area contributed by atoms with Gasteiger partial charge in [-0.15, -0.1) is 11.3 Å². The van der Waals surface area contributed by atoms with Crippen LogP contribution in [0.2, 0.25) is 0 Å². The Labute approximate surface area is 124 Å². The molecule has 0 saturated heterocycles. The van der Waals surface area contributed by atoms with Gasteiger partial charge in [-0.1, -0.05) is 11.8 Å². The zero-order valence-corrected chi connectivity index (χ0v) is 11.7. The van der Waals surface area contributed by atoms with E-state index in [2.05, 4.69) is 11.8 Å². The van der Waals surface area contributed by atoms with E-state index in [1.807, 2.05) is 11.4 Å². The molecule has 0 spiro atoms. The highest BCUT2D eigenvalue weighted by Crippen LogP contribution is 2.30. The van der Waals surface area contributed by atoms with Crippen LogP contribution in [-0.2, 0) is 12.8 Å². The fourth-order valence-corrected chi connectivity index (χ4v) is 2.30. The van der Waals surface area contributed by atoms with E-state index in [9.17, 15) is 13.2 Å². The molecule has 1 heterocycles. The van der Waals surface area contributed by atoms with Crippen molar-refractivity contribution in [2.45, 2.75) is 12.8 Å². The normalized spacial score (nSPS) is 10.9. The van der Waals surface area contributed by atoms with Gasteiger partial charge in [0.1, 0.15) is 12.4 Å². The molecule has 0 radical (unpaired) electrons. The summed E-state index contributed by atoms with van der Waals surface area (Å²) in [7, 11) is 0. The zero-order chi connectivity index (χ0) is 15.3. The van der Waals surface area contributed by atoms with Gasteiger partial charge in [-0.2, -0.15) is 13.2 Å². The van der Waals surface area contributed by atoms with Crippen LogP contribution in [0.3, 0.4) is 0 Å². The lowest BCUT2D eigenvalue weighted by atomic mass is 10.2. The van der Waals surface area contributed by atoms with Gasteiger partial charge in [-0.25, -0.2) is 0 Å². The first-order valence-corrected chi connectivity index (χ1v) is 6.93. The summed E-state index contributed by atoms with van der Waals surface area (Å²) in [4.78, 5) is 0.941. The van der Waals surface area contributed by atoms with Gasteiger partial charge in [0.15, 0.2) is 0 Å². The highest BCUT2D eigenvalue weighted by molar-refractivity contribution is 7.10. The minimum absolute atomic E-state index is 0.292. The highest BCUT2D eigenvalue weighted by Gasteiger charge is 2.29. The number of rotatable bonds is 3. The number of alkyl halides is 3. The van der Waals surface area contributed by atoms with Gasteiger partial charge >= 0.3 is 6.18 Å². The summed E-state index contributed by atoms with van der Waals surface area (Å²) in [5.41, 5.74) is 5.45. The van der Waals surface area contributed by atoms with Crippen LogP contribution < -0.4 is 10.5 Å². The lowest BCUT2D eigenvalue weighted by Crippen LogP contribution is -2.04. The van der Waals surface area contributed by atoms with Crippen LogP contribution in [0.4, 0.5) is 13.2 Å². The Bertz CT molecular complexity index is 650. The second kappa shape index (κ2) is 6.66. The molecule has 0 fully saturated rings. The number of halogens is 3. The summed E-state index contributed by atoms with van der Waals surface area (Å²) in [6.07, 6.45) is -4.33. The van der Waals surface area contributed by atoms with Gasteiger partial charge in [0.25, 0.3) is 0 Å². The Morgan fingerprint density at radius 1 is 1.19 bits per heavy atom. The molecule has 0 amide bonds. The van der Waals surface area contributed by atoms with Crippen LogP contribution in [0.5, 0.6) is 5.75 Å². The van der Waals surface area contributed by atoms with Crippen molar-refractivity contribution < 1.29 is 17.9 Å². The van der Waals surface area contributed by atoms with E-state index in [4.69, 9.17) is 10.5 Å². The maximum Gasteiger partial charge on any atom is 0.416 e. The van der Waals surface area contributed by atoms with Gasteiger partial charge in [0.2, 0.25) is 0 Å². The van der Waals surface area contributed by atoms with Crippen LogP contribution in [-0.4, -0.2) is 6.54 Å². The SMILES string of the molecule is NCC#Cc1csc(COc2ccc(C(F)(F)F)cc2)c1. The van der Waals surface area contributed by atoms with Gasteiger partial charge in [0.05, 0.1) is 12.1 Å². The second-order valence-electron chi connectivity index (χ2n) is 4.12. The van der Waals surface area contributed by atoms with Crippen LogP contribution in [0.15, 0.2) is 35.7 Å². The summed E-state index contributed by atoms with van der Waals surface area (Å²) >= 11 is 1.48. The molecule has 0 bridgehead atoms. The van der Waals surface area contributed by atoms with E-state index >= 15 is 0 Å². The van der Waals surface area contributed by atoms with Crippen LogP contribution in [0, 0.1) is 11.8 Å². The van der Waals surface area contributed by atoms with E-state index < -0.39 is 11.7 Å². The number of ether oxygens (including phenoxy) is 1. The highest BCUT2D eigenvalue weighted by atomic mass is 32.1. The molecule has 2 rings (SSSR count). The van der Waals surface area contributed by atoms with E-state index in [1.165, 1.54) is 23.5 Å². The lowest BCUT2D eigenvalue weighted by molar-refractivity contribution is -0.137. The van der Waals surface area contributed by atoms with Gasteiger partial charge in [-0.3, -0.25) is 0 Å². The van der Waals surface area contributed by atoms with Crippen molar-refractivity contribution in [1.82, 2.24) is 0 Å².